The largest absolute Gasteiger partial charge is 0.744 e. The Hall–Kier alpha value is -1.72. The average molecular weight is 293 g/mol. The zero-order valence-corrected chi connectivity index (χ0v) is 12.9. The van der Waals surface area contributed by atoms with E-state index in [1.54, 1.807) is 12.1 Å². The highest BCUT2D eigenvalue weighted by Gasteiger charge is 2.00. The van der Waals surface area contributed by atoms with E-state index in [1.165, 1.54) is 23.5 Å². The van der Waals surface area contributed by atoms with E-state index in [0.717, 1.165) is 5.56 Å². The summed E-state index contributed by atoms with van der Waals surface area (Å²) in [5, 5.41) is 0. The summed E-state index contributed by atoms with van der Waals surface area (Å²) in [7, 11) is -2.20. The van der Waals surface area contributed by atoms with Crippen LogP contribution in [0, 0.1) is 20.8 Å². The number of hydrogen-bond donors (Lipinski definition) is 0. The summed E-state index contributed by atoms with van der Waals surface area (Å²) < 4.78 is 33.3. The number of benzene rings is 1. The fourth-order valence-electron chi connectivity index (χ4n) is 1.53. The molecule has 0 spiro atoms. The van der Waals surface area contributed by atoms with Gasteiger partial charge in [0.05, 0.1) is 4.90 Å². The highest BCUT2D eigenvalue weighted by Crippen LogP contribution is 2.08. The predicted molar refractivity (Wildman–Crippen MR) is 76.2 cm³/mol. The lowest BCUT2D eigenvalue weighted by Crippen LogP contribution is -2.34. The van der Waals surface area contributed by atoms with Crippen LogP contribution >= 0.6 is 0 Å². The van der Waals surface area contributed by atoms with Gasteiger partial charge in [-0.15, -0.1) is 0 Å². The van der Waals surface area contributed by atoms with Crippen LogP contribution in [0.1, 0.15) is 17.0 Å². The minimum Gasteiger partial charge on any atom is -0.744 e. The molecule has 108 valence electrons. The van der Waals surface area contributed by atoms with Gasteiger partial charge in [-0.25, -0.2) is 13.0 Å². The van der Waals surface area contributed by atoms with Crippen molar-refractivity contribution < 1.29 is 17.5 Å². The van der Waals surface area contributed by atoms with E-state index in [4.69, 9.17) is 0 Å². The summed E-state index contributed by atoms with van der Waals surface area (Å²) in [5.41, 5.74) is 3.53. The van der Waals surface area contributed by atoms with Gasteiger partial charge >= 0.3 is 0 Å². The van der Waals surface area contributed by atoms with Crippen LogP contribution in [0.25, 0.3) is 0 Å². The zero-order chi connectivity index (χ0) is 15.3. The van der Waals surface area contributed by atoms with E-state index in [1.807, 2.05) is 6.92 Å². The smallest absolute Gasteiger partial charge is 0.178 e. The van der Waals surface area contributed by atoms with Crippen molar-refractivity contribution in [3.05, 3.63) is 59.4 Å². The first-order valence-electron chi connectivity index (χ1n) is 6.16. The van der Waals surface area contributed by atoms with Crippen molar-refractivity contribution >= 4 is 10.1 Å². The third-order valence-corrected chi connectivity index (χ3v) is 3.89. The topological polar surface area (TPSA) is 61.1 Å². The Bertz CT molecular complexity index is 657. The quantitative estimate of drug-likeness (QED) is 0.597. The second kappa shape index (κ2) is 6.63. The fourth-order valence-corrected chi connectivity index (χ4v) is 2.00. The Morgan fingerprint density at radius 2 is 1.35 bits per heavy atom. The lowest BCUT2D eigenvalue weighted by Gasteiger charge is -2.05. The van der Waals surface area contributed by atoms with E-state index in [0.29, 0.717) is 0 Å². The Kier molecular flexibility index (Phi) is 5.42. The molecule has 4 nitrogen and oxygen atoms in total. The van der Waals surface area contributed by atoms with Crippen LogP contribution in [0.3, 0.4) is 0 Å². The van der Waals surface area contributed by atoms with Crippen LogP contribution in [0.2, 0.25) is 0 Å². The molecule has 0 aliphatic carbocycles. The van der Waals surface area contributed by atoms with Crippen molar-refractivity contribution in [2.45, 2.75) is 25.7 Å². The van der Waals surface area contributed by atoms with Crippen molar-refractivity contribution in [1.29, 1.82) is 0 Å². The van der Waals surface area contributed by atoms with E-state index >= 15 is 0 Å². The van der Waals surface area contributed by atoms with Gasteiger partial charge in [0.1, 0.15) is 17.2 Å². The van der Waals surface area contributed by atoms with Crippen molar-refractivity contribution in [3.8, 4) is 0 Å². The zero-order valence-electron chi connectivity index (χ0n) is 12.1. The molecule has 0 saturated carbocycles. The Morgan fingerprint density at radius 1 is 0.900 bits per heavy atom. The van der Waals surface area contributed by atoms with Crippen molar-refractivity contribution in [3.63, 3.8) is 0 Å². The minimum atomic E-state index is -4.27. The SMILES string of the molecule is Cc1ccc(S(=O)(=O)[O-])cc1.Cc1cccc(C)[n+]1C. The van der Waals surface area contributed by atoms with Gasteiger partial charge in [0.2, 0.25) is 0 Å². The second-order valence-corrected chi connectivity index (χ2v) is 6.01. The molecule has 0 atom stereocenters. The summed E-state index contributed by atoms with van der Waals surface area (Å²) in [4.78, 5) is -0.178. The molecular formula is C15H19NO3S. The number of hydrogen-bond acceptors (Lipinski definition) is 3. The van der Waals surface area contributed by atoms with Gasteiger partial charge in [0.15, 0.2) is 11.4 Å². The van der Waals surface area contributed by atoms with Crippen molar-refractivity contribution in [2.75, 3.05) is 0 Å². The van der Waals surface area contributed by atoms with Gasteiger partial charge in [-0.3, -0.25) is 0 Å². The first-order chi connectivity index (χ1) is 9.21. The van der Waals surface area contributed by atoms with Crippen LogP contribution in [0.5, 0.6) is 0 Å². The first kappa shape index (κ1) is 16.3. The molecule has 20 heavy (non-hydrogen) atoms. The molecule has 0 aliphatic rings. The minimum absolute atomic E-state index is 0.178. The van der Waals surface area contributed by atoms with Gasteiger partial charge in [0, 0.05) is 26.0 Å². The second-order valence-electron chi connectivity index (χ2n) is 4.63. The first-order valence-corrected chi connectivity index (χ1v) is 7.57. The monoisotopic (exact) mass is 293 g/mol. The molecule has 0 fully saturated rings. The van der Waals surface area contributed by atoms with Crippen LogP contribution < -0.4 is 4.57 Å². The molecule has 0 bridgehead atoms. The number of rotatable bonds is 1. The van der Waals surface area contributed by atoms with Gasteiger partial charge in [-0.05, 0) is 25.1 Å². The van der Waals surface area contributed by atoms with Crippen LogP contribution in [-0.4, -0.2) is 13.0 Å². The molecule has 1 aromatic heterocycles. The van der Waals surface area contributed by atoms with E-state index < -0.39 is 10.1 Å². The number of aryl methyl sites for hydroxylation is 3. The molecule has 1 aromatic carbocycles. The fraction of sp³-hybridized carbons (Fsp3) is 0.267. The van der Waals surface area contributed by atoms with Crippen LogP contribution in [0.4, 0.5) is 0 Å². The molecule has 0 amide bonds. The normalized spacial score (nSPS) is 10.7. The van der Waals surface area contributed by atoms with Gasteiger partial charge < -0.3 is 4.55 Å². The third kappa shape index (κ3) is 4.75. The molecule has 0 aliphatic heterocycles. The molecule has 0 saturated heterocycles. The summed E-state index contributed by atoms with van der Waals surface area (Å²) >= 11 is 0. The van der Waals surface area contributed by atoms with Crippen LogP contribution in [0.15, 0.2) is 47.4 Å². The molecule has 0 radical (unpaired) electrons. The standard InChI is InChI=1S/C8H12N.C7H8O3S/c1-7-5-4-6-8(2)9(7)3;1-6-2-4-7(5-3-6)11(8,9)10/h4-6H,1-3H3;2-5H,1H3,(H,8,9,10)/q+1;/p-1. The summed E-state index contributed by atoms with van der Waals surface area (Å²) in [6.07, 6.45) is 0. The number of aromatic nitrogens is 1. The van der Waals surface area contributed by atoms with E-state index in [2.05, 4.69) is 43.7 Å². The molecule has 0 unspecified atom stereocenters. The molecule has 2 aromatic rings. The third-order valence-electron chi connectivity index (χ3n) is 3.04. The van der Waals surface area contributed by atoms with Gasteiger partial charge in [-0.1, -0.05) is 17.7 Å². The molecule has 2 rings (SSSR count). The Balaban J connectivity index is 0.000000204. The van der Waals surface area contributed by atoms with Crippen molar-refractivity contribution in [2.24, 2.45) is 7.05 Å². The summed E-state index contributed by atoms with van der Waals surface area (Å²) in [6, 6.07) is 12.1. The van der Waals surface area contributed by atoms with Crippen LogP contribution in [-0.2, 0) is 17.2 Å². The lowest BCUT2D eigenvalue weighted by atomic mass is 10.2. The van der Waals surface area contributed by atoms with Crippen molar-refractivity contribution in [1.82, 2.24) is 0 Å². The number of pyridine rings is 1. The summed E-state index contributed by atoms with van der Waals surface area (Å²) in [6.45, 7) is 6.03. The molecular weight excluding hydrogens is 274 g/mol. The summed E-state index contributed by atoms with van der Waals surface area (Å²) in [5.74, 6) is 0. The van der Waals surface area contributed by atoms with Gasteiger partial charge in [-0.2, -0.15) is 0 Å². The highest BCUT2D eigenvalue weighted by molar-refractivity contribution is 7.85. The maximum Gasteiger partial charge on any atom is 0.178 e. The maximum atomic E-state index is 10.4. The van der Waals surface area contributed by atoms with Gasteiger partial charge in [0.25, 0.3) is 0 Å². The average Bonchev–Trinajstić information content (AvgIpc) is 2.36. The Morgan fingerprint density at radius 3 is 1.70 bits per heavy atom. The van der Waals surface area contributed by atoms with E-state index in [9.17, 15) is 13.0 Å². The molecule has 5 heteroatoms. The predicted octanol–water partition coefficient (Wildman–Crippen LogP) is 2.03. The Labute approximate surface area is 120 Å². The number of nitrogens with zero attached hydrogens (tertiary/aromatic N) is 1. The van der Waals surface area contributed by atoms with E-state index in [-0.39, 0.29) is 4.90 Å². The highest BCUT2D eigenvalue weighted by atomic mass is 32.2. The lowest BCUT2D eigenvalue weighted by molar-refractivity contribution is -0.683. The maximum absolute atomic E-state index is 10.4. The molecule has 1 heterocycles. The molecule has 0 N–H and O–H groups in total.